The van der Waals surface area contributed by atoms with Gasteiger partial charge in [0.05, 0.1) is 0 Å². The van der Waals surface area contributed by atoms with Crippen LogP contribution in [0.5, 0.6) is 0 Å². The van der Waals surface area contributed by atoms with E-state index in [2.05, 4.69) is 6.92 Å². The van der Waals surface area contributed by atoms with Crippen LogP contribution in [0.25, 0.3) is 0 Å². The van der Waals surface area contributed by atoms with Crippen LogP contribution in [0.1, 0.15) is 19.8 Å². The van der Waals surface area contributed by atoms with Crippen molar-refractivity contribution in [2.45, 2.75) is 19.8 Å². The van der Waals surface area contributed by atoms with Gasteiger partial charge in [-0.2, -0.15) is 0 Å². The first-order chi connectivity index (χ1) is 4.20. The third-order valence-corrected chi connectivity index (χ3v) is 1.91. The maximum absolute atomic E-state index is 10.9. The first-order valence-corrected chi connectivity index (χ1v) is 3.44. The maximum Gasteiger partial charge on any atom is 0.222 e. The van der Waals surface area contributed by atoms with Gasteiger partial charge in [-0.25, -0.2) is 0 Å². The van der Waals surface area contributed by atoms with Crippen LogP contribution in [-0.4, -0.2) is 24.4 Å². The first-order valence-electron chi connectivity index (χ1n) is 3.44. The van der Waals surface area contributed by atoms with Gasteiger partial charge in [-0.1, -0.05) is 6.92 Å². The zero-order valence-electron chi connectivity index (χ0n) is 6.46. The fourth-order valence-electron chi connectivity index (χ4n) is 1.09. The molecule has 0 N–H and O–H groups in total. The third-order valence-electron chi connectivity index (χ3n) is 1.91. The summed E-state index contributed by atoms with van der Waals surface area (Å²) in [5, 5.41) is 0. The summed E-state index contributed by atoms with van der Waals surface area (Å²) in [5.74, 6) is 0.905. The molecule has 0 bridgehead atoms. The summed E-state index contributed by atoms with van der Waals surface area (Å²) < 4.78 is 0. The van der Waals surface area contributed by atoms with E-state index in [1.54, 1.807) is 4.90 Å². The van der Waals surface area contributed by atoms with Crippen molar-refractivity contribution in [3.63, 3.8) is 0 Å². The Bertz CT molecular complexity index is 127. The summed E-state index contributed by atoms with van der Waals surface area (Å²) >= 11 is 0. The van der Waals surface area contributed by atoms with Crippen molar-refractivity contribution < 1.29 is 4.79 Å². The molecule has 2 nitrogen and oxygen atoms in total. The van der Waals surface area contributed by atoms with Gasteiger partial charge in [-0.05, 0) is 12.3 Å². The number of hydrogen-bond acceptors (Lipinski definition) is 1. The number of likely N-dealkylation sites (tertiary alicyclic amines) is 1. The second kappa shape index (κ2) is 3.81. The Morgan fingerprint density at radius 3 is 2.60 bits per heavy atom. The molecule has 60 valence electrons. The lowest BCUT2D eigenvalue weighted by Crippen LogP contribution is -2.34. The predicted octanol–water partition coefficient (Wildman–Crippen LogP) is 1.30. The number of rotatable bonds is 0. The molecule has 10 heavy (non-hydrogen) atoms. The summed E-state index contributed by atoms with van der Waals surface area (Å²) in [6.07, 6.45) is 1.92. The van der Waals surface area contributed by atoms with Crippen molar-refractivity contribution in [3.05, 3.63) is 0 Å². The summed E-state index contributed by atoms with van der Waals surface area (Å²) in [5.41, 5.74) is 0. The standard InChI is InChI=1S/C7H13NO.ClH/c1-6-3-4-8(2)7(9)5-6;/h6H,3-5H2,1-2H3;1H. The minimum atomic E-state index is 0. The molecule has 1 rings (SSSR count). The van der Waals surface area contributed by atoms with E-state index in [1.807, 2.05) is 7.05 Å². The second-order valence-corrected chi connectivity index (χ2v) is 2.91. The van der Waals surface area contributed by atoms with Gasteiger partial charge in [-0.3, -0.25) is 4.79 Å². The van der Waals surface area contributed by atoms with Crippen LogP contribution < -0.4 is 0 Å². The molecule has 1 aliphatic heterocycles. The molecular weight excluding hydrogens is 150 g/mol. The first kappa shape index (κ1) is 9.76. The molecule has 1 saturated heterocycles. The highest BCUT2D eigenvalue weighted by Crippen LogP contribution is 2.15. The molecule has 0 aromatic carbocycles. The van der Waals surface area contributed by atoms with E-state index >= 15 is 0 Å². The van der Waals surface area contributed by atoms with E-state index in [4.69, 9.17) is 0 Å². The molecule has 0 saturated carbocycles. The van der Waals surface area contributed by atoms with Crippen molar-refractivity contribution in [3.8, 4) is 0 Å². The lowest BCUT2D eigenvalue weighted by molar-refractivity contribution is -0.133. The molecule has 1 fully saturated rings. The smallest absolute Gasteiger partial charge is 0.222 e. The Labute approximate surface area is 68.0 Å². The average molecular weight is 164 g/mol. The normalized spacial score (nSPS) is 26.0. The molecule has 0 aliphatic carbocycles. The van der Waals surface area contributed by atoms with E-state index in [9.17, 15) is 4.79 Å². The van der Waals surface area contributed by atoms with Crippen LogP contribution in [0.2, 0.25) is 0 Å². The molecule has 0 spiro atoms. The van der Waals surface area contributed by atoms with E-state index in [-0.39, 0.29) is 12.4 Å². The number of nitrogens with zero attached hydrogens (tertiary/aromatic N) is 1. The van der Waals surface area contributed by atoms with Crippen molar-refractivity contribution in [1.82, 2.24) is 4.90 Å². The Balaban J connectivity index is 0.000000810. The molecule has 1 aliphatic rings. The molecule has 0 radical (unpaired) electrons. The fraction of sp³-hybridized carbons (Fsp3) is 0.857. The lowest BCUT2D eigenvalue weighted by Gasteiger charge is -2.26. The highest BCUT2D eigenvalue weighted by molar-refractivity contribution is 5.85. The zero-order chi connectivity index (χ0) is 6.85. The number of amides is 1. The minimum Gasteiger partial charge on any atom is -0.346 e. The number of halogens is 1. The molecule has 1 unspecified atom stereocenters. The number of carbonyl (C=O) groups excluding carboxylic acids is 1. The van der Waals surface area contributed by atoms with Crippen LogP contribution in [-0.2, 0) is 4.79 Å². The molecule has 0 aromatic heterocycles. The van der Waals surface area contributed by atoms with Gasteiger partial charge in [-0.15, -0.1) is 12.4 Å². The molecule has 1 amide bonds. The molecule has 3 heteroatoms. The quantitative estimate of drug-likeness (QED) is 0.527. The van der Waals surface area contributed by atoms with Gasteiger partial charge in [0.1, 0.15) is 0 Å². The van der Waals surface area contributed by atoms with Gasteiger partial charge >= 0.3 is 0 Å². The SMILES string of the molecule is CC1CCN(C)C(=O)C1.Cl. The molecular formula is C7H14ClNO. The average Bonchev–Trinajstić information content (AvgIpc) is 1.80. The van der Waals surface area contributed by atoms with E-state index in [0.29, 0.717) is 11.8 Å². The van der Waals surface area contributed by atoms with Crippen molar-refractivity contribution >= 4 is 18.3 Å². The van der Waals surface area contributed by atoms with Gasteiger partial charge in [0.2, 0.25) is 5.91 Å². The summed E-state index contributed by atoms with van der Waals surface area (Å²) in [6.45, 7) is 3.07. The van der Waals surface area contributed by atoms with Crippen molar-refractivity contribution in [1.29, 1.82) is 0 Å². The monoisotopic (exact) mass is 163 g/mol. The van der Waals surface area contributed by atoms with Gasteiger partial charge in [0.15, 0.2) is 0 Å². The van der Waals surface area contributed by atoms with Crippen LogP contribution in [0.4, 0.5) is 0 Å². The topological polar surface area (TPSA) is 20.3 Å². The van der Waals surface area contributed by atoms with Gasteiger partial charge < -0.3 is 4.90 Å². The van der Waals surface area contributed by atoms with Crippen molar-refractivity contribution in [2.24, 2.45) is 5.92 Å². The number of piperidine rings is 1. The van der Waals surface area contributed by atoms with E-state index < -0.39 is 0 Å². The van der Waals surface area contributed by atoms with Crippen LogP contribution in [0.15, 0.2) is 0 Å². The van der Waals surface area contributed by atoms with Crippen LogP contribution in [0.3, 0.4) is 0 Å². The Morgan fingerprint density at radius 2 is 2.20 bits per heavy atom. The Hall–Kier alpha value is -0.240. The maximum atomic E-state index is 10.9. The second-order valence-electron chi connectivity index (χ2n) is 2.91. The molecule has 0 aromatic rings. The highest BCUT2D eigenvalue weighted by atomic mass is 35.5. The Morgan fingerprint density at radius 1 is 1.60 bits per heavy atom. The van der Waals surface area contributed by atoms with E-state index in [0.717, 1.165) is 13.0 Å². The van der Waals surface area contributed by atoms with Gasteiger partial charge in [0, 0.05) is 20.0 Å². The fourth-order valence-corrected chi connectivity index (χ4v) is 1.09. The Kier molecular flexibility index (Phi) is 3.72. The van der Waals surface area contributed by atoms with Crippen molar-refractivity contribution in [2.75, 3.05) is 13.6 Å². The summed E-state index contributed by atoms with van der Waals surface area (Å²) in [7, 11) is 1.87. The lowest BCUT2D eigenvalue weighted by atomic mass is 9.99. The largest absolute Gasteiger partial charge is 0.346 e. The number of hydrogen-bond donors (Lipinski definition) is 0. The third kappa shape index (κ3) is 2.18. The van der Waals surface area contributed by atoms with E-state index in [1.165, 1.54) is 6.42 Å². The van der Waals surface area contributed by atoms with Crippen LogP contribution in [0, 0.1) is 5.92 Å². The molecule has 1 heterocycles. The summed E-state index contributed by atoms with van der Waals surface area (Å²) in [4.78, 5) is 12.7. The summed E-state index contributed by atoms with van der Waals surface area (Å²) in [6, 6.07) is 0. The minimum absolute atomic E-state index is 0. The van der Waals surface area contributed by atoms with Gasteiger partial charge in [0.25, 0.3) is 0 Å². The zero-order valence-corrected chi connectivity index (χ0v) is 7.28. The molecule has 1 atom stereocenters. The highest BCUT2D eigenvalue weighted by Gasteiger charge is 2.18. The number of carbonyl (C=O) groups is 1. The predicted molar refractivity (Wildman–Crippen MR) is 43.3 cm³/mol. The van der Waals surface area contributed by atoms with Crippen LogP contribution >= 0.6 is 12.4 Å².